The van der Waals surface area contributed by atoms with Gasteiger partial charge < -0.3 is 10.4 Å². The normalized spacial score (nSPS) is 10.6. The predicted molar refractivity (Wildman–Crippen MR) is 97.8 cm³/mol. The lowest BCUT2D eigenvalue weighted by atomic mass is 10.2. The summed E-state index contributed by atoms with van der Waals surface area (Å²) in [6.45, 7) is 2.25. The van der Waals surface area contributed by atoms with Crippen molar-refractivity contribution in [1.29, 1.82) is 0 Å². The Hall–Kier alpha value is -2.00. The molecule has 6 nitrogen and oxygen atoms in total. The molecule has 0 atom stereocenters. The quantitative estimate of drug-likeness (QED) is 0.512. The first-order chi connectivity index (χ1) is 12.0. The van der Waals surface area contributed by atoms with Crippen LogP contribution in [0.4, 0.5) is 4.39 Å². The lowest BCUT2D eigenvalue weighted by molar-refractivity contribution is -0.136. The van der Waals surface area contributed by atoms with Gasteiger partial charge in [0, 0.05) is 29.8 Å². The first-order valence-electron chi connectivity index (χ1n) is 7.54. The van der Waals surface area contributed by atoms with Crippen molar-refractivity contribution in [3.63, 3.8) is 0 Å². The summed E-state index contributed by atoms with van der Waals surface area (Å²) in [7, 11) is 2.99. The van der Waals surface area contributed by atoms with Crippen LogP contribution >= 0.6 is 21.6 Å². The molecule has 0 bridgehead atoms. The largest absolute Gasteiger partial charge is 0.481 e. The monoisotopic (exact) mass is 383 g/mol. The maximum atomic E-state index is 13.0. The number of aromatic nitrogens is 2. The minimum absolute atomic E-state index is 0.129. The molecule has 1 heterocycles. The van der Waals surface area contributed by atoms with Gasteiger partial charge in [-0.1, -0.05) is 21.6 Å². The molecule has 9 heteroatoms. The Morgan fingerprint density at radius 1 is 1.24 bits per heavy atom. The second-order valence-corrected chi connectivity index (χ2v) is 7.83. The lowest BCUT2D eigenvalue weighted by Crippen LogP contribution is -2.26. The average molecular weight is 383 g/mol. The van der Waals surface area contributed by atoms with Crippen LogP contribution in [0.1, 0.15) is 22.5 Å². The zero-order chi connectivity index (χ0) is 18.2. The van der Waals surface area contributed by atoms with Gasteiger partial charge in [-0.2, -0.15) is 5.10 Å². The van der Waals surface area contributed by atoms with E-state index in [4.69, 9.17) is 5.11 Å². The Kier molecular flexibility index (Phi) is 7.32. The van der Waals surface area contributed by atoms with Crippen molar-refractivity contribution in [3.05, 3.63) is 47.5 Å². The third-order valence-electron chi connectivity index (χ3n) is 3.16. The number of carboxylic acids is 1. The van der Waals surface area contributed by atoms with Gasteiger partial charge >= 0.3 is 5.97 Å². The molecule has 0 saturated carbocycles. The molecular weight excluding hydrogens is 365 g/mol. The van der Waals surface area contributed by atoms with Gasteiger partial charge in [-0.15, -0.1) is 0 Å². The molecule has 0 unspecified atom stereocenters. The van der Waals surface area contributed by atoms with Crippen molar-refractivity contribution in [3.8, 4) is 5.69 Å². The van der Waals surface area contributed by atoms with Crippen LogP contribution in [0.15, 0.2) is 30.5 Å². The van der Waals surface area contributed by atoms with E-state index in [0.29, 0.717) is 29.4 Å². The van der Waals surface area contributed by atoms with E-state index in [2.05, 4.69) is 10.4 Å². The van der Waals surface area contributed by atoms with Gasteiger partial charge in [-0.05, 0) is 31.2 Å². The number of halogens is 1. The number of aliphatic carboxylic acids is 1. The van der Waals surface area contributed by atoms with Crippen molar-refractivity contribution >= 4 is 33.5 Å². The number of aryl methyl sites for hydroxylation is 1. The molecule has 2 aromatic rings. The molecule has 1 aromatic carbocycles. The van der Waals surface area contributed by atoms with Gasteiger partial charge in [-0.25, -0.2) is 9.07 Å². The van der Waals surface area contributed by atoms with Crippen LogP contribution in [0.3, 0.4) is 0 Å². The molecule has 0 spiro atoms. The van der Waals surface area contributed by atoms with Crippen LogP contribution in [-0.2, 0) is 4.79 Å². The number of carbonyl (C=O) groups is 2. The van der Waals surface area contributed by atoms with E-state index in [1.165, 1.54) is 33.7 Å². The fourth-order valence-corrected chi connectivity index (χ4v) is 3.83. The topological polar surface area (TPSA) is 84.2 Å². The summed E-state index contributed by atoms with van der Waals surface area (Å²) in [5, 5.41) is 15.6. The highest BCUT2D eigenvalue weighted by molar-refractivity contribution is 8.76. The van der Waals surface area contributed by atoms with Gasteiger partial charge in [0.05, 0.1) is 12.1 Å². The number of carbonyl (C=O) groups excluding carboxylic acids is 1. The summed E-state index contributed by atoms with van der Waals surface area (Å²) in [4.78, 5) is 22.6. The molecule has 0 fully saturated rings. The molecule has 0 aliphatic carbocycles. The molecule has 2 rings (SSSR count). The number of hydrogen-bond donors (Lipinski definition) is 2. The number of nitrogens with zero attached hydrogens (tertiary/aromatic N) is 2. The third-order valence-corrected chi connectivity index (χ3v) is 5.57. The van der Waals surface area contributed by atoms with Gasteiger partial charge in [-0.3, -0.25) is 9.59 Å². The molecule has 0 aliphatic rings. The number of rotatable bonds is 9. The van der Waals surface area contributed by atoms with Gasteiger partial charge in [0.25, 0.3) is 5.91 Å². The standard InChI is InChI=1S/C16H18FN3O3S2/c1-11-10-20(13-4-2-12(17)3-5-13)19-15(11)16(23)18-7-9-25-24-8-6-14(21)22/h2-5,10H,6-9H2,1H3,(H,18,23)(H,21,22). The maximum Gasteiger partial charge on any atom is 0.304 e. The number of carboxylic acid groups (broad SMARTS) is 1. The van der Waals surface area contributed by atoms with Crippen molar-refractivity contribution in [2.45, 2.75) is 13.3 Å². The van der Waals surface area contributed by atoms with Crippen LogP contribution in [-0.4, -0.2) is 44.8 Å². The van der Waals surface area contributed by atoms with E-state index in [1.54, 1.807) is 29.9 Å². The zero-order valence-electron chi connectivity index (χ0n) is 13.6. The molecule has 2 N–H and O–H groups in total. The minimum Gasteiger partial charge on any atom is -0.481 e. The van der Waals surface area contributed by atoms with E-state index in [0.717, 1.165) is 5.56 Å². The molecule has 0 radical (unpaired) electrons. The summed E-state index contributed by atoms with van der Waals surface area (Å²) in [6, 6.07) is 5.86. The Morgan fingerprint density at radius 3 is 2.60 bits per heavy atom. The number of hydrogen-bond acceptors (Lipinski definition) is 5. The van der Waals surface area contributed by atoms with E-state index in [9.17, 15) is 14.0 Å². The summed E-state index contributed by atoms with van der Waals surface area (Å²) in [5.74, 6) is -0.199. The fourth-order valence-electron chi connectivity index (χ4n) is 1.95. The first-order valence-corrected chi connectivity index (χ1v) is 10.0. The maximum absolute atomic E-state index is 13.0. The van der Waals surface area contributed by atoms with Crippen LogP contribution in [0, 0.1) is 12.7 Å². The minimum atomic E-state index is -0.811. The van der Waals surface area contributed by atoms with Crippen molar-refractivity contribution in [1.82, 2.24) is 15.1 Å². The van der Waals surface area contributed by atoms with Gasteiger partial charge in [0.2, 0.25) is 0 Å². The predicted octanol–water partition coefficient (Wildman–Crippen LogP) is 2.91. The summed E-state index contributed by atoms with van der Waals surface area (Å²) in [5.41, 5.74) is 1.73. The molecule has 0 aliphatic heterocycles. The summed E-state index contributed by atoms with van der Waals surface area (Å²) in [6.07, 6.45) is 1.85. The Balaban J connectivity index is 1.82. The number of nitrogens with one attached hydrogen (secondary N) is 1. The summed E-state index contributed by atoms with van der Waals surface area (Å²) < 4.78 is 14.5. The number of amides is 1. The fraction of sp³-hybridized carbons (Fsp3) is 0.312. The van der Waals surface area contributed by atoms with Crippen LogP contribution in [0.25, 0.3) is 5.69 Å². The highest BCUT2D eigenvalue weighted by Gasteiger charge is 2.14. The molecule has 0 saturated heterocycles. The average Bonchev–Trinajstić information content (AvgIpc) is 2.96. The van der Waals surface area contributed by atoms with Crippen LogP contribution < -0.4 is 5.32 Å². The number of benzene rings is 1. The molecule has 1 aromatic heterocycles. The van der Waals surface area contributed by atoms with E-state index in [1.807, 2.05) is 0 Å². The smallest absolute Gasteiger partial charge is 0.304 e. The molecular formula is C16H18FN3O3S2. The second kappa shape index (κ2) is 9.47. The highest BCUT2D eigenvalue weighted by atomic mass is 33.1. The summed E-state index contributed by atoms with van der Waals surface area (Å²) >= 11 is 0. The van der Waals surface area contributed by atoms with Crippen molar-refractivity contribution < 1.29 is 19.1 Å². The second-order valence-electron chi connectivity index (χ2n) is 5.13. The van der Waals surface area contributed by atoms with E-state index >= 15 is 0 Å². The lowest BCUT2D eigenvalue weighted by Gasteiger charge is -2.04. The molecule has 25 heavy (non-hydrogen) atoms. The third kappa shape index (κ3) is 6.09. The van der Waals surface area contributed by atoms with Gasteiger partial charge in [0.15, 0.2) is 5.69 Å². The van der Waals surface area contributed by atoms with E-state index < -0.39 is 5.97 Å². The molecule has 134 valence electrons. The highest BCUT2D eigenvalue weighted by Crippen LogP contribution is 2.21. The Labute approximate surface area is 152 Å². The molecule has 1 amide bonds. The van der Waals surface area contributed by atoms with Crippen LogP contribution in [0.5, 0.6) is 0 Å². The Morgan fingerprint density at radius 2 is 1.92 bits per heavy atom. The SMILES string of the molecule is Cc1cn(-c2ccc(F)cc2)nc1C(=O)NCCSSCCC(=O)O. The zero-order valence-corrected chi connectivity index (χ0v) is 15.2. The van der Waals surface area contributed by atoms with Gasteiger partial charge in [0.1, 0.15) is 5.82 Å². The Bertz CT molecular complexity index is 735. The van der Waals surface area contributed by atoms with E-state index in [-0.39, 0.29) is 18.1 Å². The van der Waals surface area contributed by atoms with Crippen molar-refractivity contribution in [2.24, 2.45) is 0 Å². The van der Waals surface area contributed by atoms with Crippen LogP contribution in [0.2, 0.25) is 0 Å². The first kappa shape index (κ1) is 19.3. The van der Waals surface area contributed by atoms with Crippen molar-refractivity contribution in [2.75, 3.05) is 18.1 Å².